The summed E-state index contributed by atoms with van der Waals surface area (Å²) in [4.78, 5) is 26.1. The van der Waals surface area contributed by atoms with Crippen molar-refractivity contribution in [1.82, 2.24) is 0 Å². The maximum absolute atomic E-state index is 12.4. The van der Waals surface area contributed by atoms with Crippen LogP contribution < -0.4 is 10.6 Å². The topological polar surface area (TPSA) is 63.4 Å². The Morgan fingerprint density at radius 3 is 2.26 bits per heavy atom. The summed E-state index contributed by atoms with van der Waals surface area (Å²) in [6, 6.07) is 4.86. The van der Waals surface area contributed by atoms with Crippen molar-refractivity contribution in [3.05, 3.63) is 23.2 Å². The molecule has 0 radical (unpaired) electrons. The highest BCUT2D eigenvalue weighted by molar-refractivity contribution is 6.31. The van der Waals surface area contributed by atoms with Crippen molar-refractivity contribution in [3.63, 3.8) is 0 Å². The number of halogens is 1. The highest BCUT2D eigenvalue weighted by Crippen LogP contribution is 2.41. The van der Waals surface area contributed by atoms with E-state index in [2.05, 4.69) is 0 Å². The van der Waals surface area contributed by atoms with E-state index in [1.807, 2.05) is 0 Å². The molecule has 100 valence electrons. The van der Waals surface area contributed by atoms with Gasteiger partial charge < -0.3 is 5.73 Å². The zero-order chi connectivity index (χ0) is 13.6. The number of benzene rings is 1. The minimum absolute atomic E-state index is 0.122. The second kappa shape index (κ2) is 4.53. The van der Waals surface area contributed by atoms with E-state index in [1.54, 1.807) is 18.2 Å². The van der Waals surface area contributed by atoms with Gasteiger partial charge in [-0.1, -0.05) is 24.4 Å². The van der Waals surface area contributed by atoms with Gasteiger partial charge in [0.25, 0.3) is 0 Å². The number of nitrogens with zero attached hydrogens (tertiary/aromatic N) is 1. The molecule has 1 saturated heterocycles. The zero-order valence-electron chi connectivity index (χ0n) is 10.4. The third-order valence-corrected chi connectivity index (χ3v) is 4.31. The molecule has 2 N–H and O–H groups in total. The first-order valence-electron chi connectivity index (χ1n) is 6.52. The van der Waals surface area contributed by atoms with Crippen molar-refractivity contribution >= 4 is 34.8 Å². The summed E-state index contributed by atoms with van der Waals surface area (Å²) in [6.45, 7) is 0. The molecule has 2 atom stereocenters. The molecule has 1 aliphatic heterocycles. The smallest absolute Gasteiger partial charge is 0.237 e. The Bertz CT molecular complexity index is 534. The summed E-state index contributed by atoms with van der Waals surface area (Å²) >= 11 is 5.94. The molecule has 0 spiro atoms. The van der Waals surface area contributed by atoms with Crippen LogP contribution in [0.4, 0.5) is 11.4 Å². The van der Waals surface area contributed by atoms with Crippen LogP contribution in [0.15, 0.2) is 18.2 Å². The highest BCUT2D eigenvalue weighted by Gasteiger charge is 2.49. The van der Waals surface area contributed by atoms with E-state index in [4.69, 9.17) is 17.3 Å². The first-order valence-corrected chi connectivity index (χ1v) is 6.90. The molecular weight excluding hydrogens is 264 g/mol. The Labute approximate surface area is 116 Å². The number of fused-ring (bicyclic) bond motifs is 1. The Kier molecular flexibility index (Phi) is 2.97. The van der Waals surface area contributed by atoms with Crippen LogP contribution in [0.5, 0.6) is 0 Å². The van der Waals surface area contributed by atoms with Crippen LogP contribution in [-0.2, 0) is 9.59 Å². The number of nitrogens with two attached hydrogens (primary N) is 1. The quantitative estimate of drug-likeness (QED) is 0.634. The van der Waals surface area contributed by atoms with E-state index in [0.29, 0.717) is 16.4 Å². The number of carbonyl (C=O) groups is 2. The number of anilines is 2. The summed E-state index contributed by atoms with van der Waals surface area (Å²) < 4.78 is 0. The van der Waals surface area contributed by atoms with Crippen LogP contribution in [0.1, 0.15) is 25.7 Å². The molecule has 2 fully saturated rings. The van der Waals surface area contributed by atoms with E-state index in [0.717, 1.165) is 25.7 Å². The molecule has 2 amide bonds. The van der Waals surface area contributed by atoms with Crippen molar-refractivity contribution < 1.29 is 9.59 Å². The summed E-state index contributed by atoms with van der Waals surface area (Å²) in [6.07, 6.45) is 3.62. The maximum Gasteiger partial charge on any atom is 0.237 e. The lowest BCUT2D eigenvalue weighted by molar-refractivity contribution is -0.122. The minimum atomic E-state index is -0.167. The normalized spacial score (nSPS) is 26.7. The van der Waals surface area contributed by atoms with E-state index < -0.39 is 0 Å². The van der Waals surface area contributed by atoms with Gasteiger partial charge in [-0.2, -0.15) is 0 Å². The Hall–Kier alpha value is -1.55. The first kappa shape index (κ1) is 12.5. The first-order chi connectivity index (χ1) is 9.09. The van der Waals surface area contributed by atoms with E-state index in [-0.39, 0.29) is 23.7 Å². The number of rotatable bonds is 1. The molecule has 0 bridgehead atoms. The highest BCUT2D eigenvalue weighted by atomic mass is 35.5. The standard InChI is InChI=1S/C14H15ClN2O2/c15-8-5-6-11(16)12(7-8)17-13(18)9-3-1-2-4-10(9)14(17)19/h5-7,9-10H,1-4,16H2/t9-,10+. The molecule has 1 aromatic carbocycles. The number of amides is 2. The van der Waals surface area contributed by atoms with Crippen LogP contribution in [0, 0.1) is 11.8 Å². The van der Waals surface area contributed by atoms with E-state index in [9.17, 15) is 9.59 Å². The SMILES string of the molecule is Nc1ccc(Cl)cc1N1C(=O)[C@H]2CCCC[C@H]2C1=O. The molecule has 1 aromatic rings. The van der Waals surface area contributed by atoms with Crippen LogP contribution in [-0.4, -0.2) is 11.8 Å². The number of hydrogen-bond donors (Lipinski definition) is 1. The Morgan fingerprint density at radius 1 is 1.11 bits per heavy atom. The molecule has 19 heavy (non-hydrogen) atoms. The van der Waals surface area contributed by atoms with Crippen LogP contribution in [0.25, 0.3) is 0 Å². The van der Waals surface area contributed by atoms with Crippen LogP contribution in [0.3, 0.4) is 0 Å². The summed E-state index contributed by atoms with van der Waals surface area (Å²) in [7, 11) is 0. The fourth-order valence-corrected chi connectivity index (χ4v) is 3.28. The molecule has 3 rings (SSSR count). The van der Waals surface area contributed by atoms with Crippen LogP contribution in [0.2, 0.25) is 5.02 Å². The lowest BCUT2D eigenvalue weighted by atomic mass is 9.81. The van der Waals surface area contributed by atoms with Gasteiger partial charge in [-0.15, -0.1) is 0 Å². The van der Waals surface area contributed by atoms with E-state index >= 15 is 0 Å². The van der Waals surface area contributed by atoms with Crippen molar-refractivity contribution in [2.45, 2.75) is 25.7 Å². The summed E-state index contributed by atoms with van der Waals surface area (Å²) in [5.41, 5.74) is 6.71. The predicted molar refractivity (Wildman–Crippen MR) is 73.8 cm³/mol. The number of nitrogen functional groups attached to an aromatic ring is 1. The molecule has 1 saturated carbocycles. The fourth-order valence-electron chi connectivity index (χ4n) is 3.11. The van der Waals surface area contributed by atoms with Gasteiger partial charge in [-0.05, 0) is 31.0 Å². The number of hydrogen-bond acceptors (Lipinski definition) is 3. The molecule has 0 unspecified atom stereocenters. The Balaban J connectivity index is 2.03. The Morgan fingerprint density at radius 2 is 1.68 bits per heavy atom. The second-order valence-corrected chi connectivity index (χ2v) is 5.65. The van der Waals surface area contributed by atoms with Gasteiger partial charge in [0.2, 0.25) is 11.8 Å². The van der Waals surface area contributed by atoms with Gasteiger partial charge in [-0.3, -0.25) is 9.59 Å². The molecule has 1 aliphatic carbocycles. The molecular formula is C14H15ClN2O2. The van der Waals surface area contributed by atoms with Gasteiger partial charge in [-0.25, -0.2) is 4.90 Å². The average Bonchev–Trinajstić information content (AvgIpc) is 2.66. The molecule has 2 aliphatic rings. The van der Waals surface area contributed by atoms with Crippen molar-refractivity contribution in [3.8, 4) is 0 Å². The van der Waals surface area contributed by atoms with Gasteiger partial charge in [0.05, 0.1) is 23.2 Å². The average molecular weight is 279 g/mol. The molecule has 5 heteroatoms. The number of imide groups is 1. The zero-order valence-corrected chi connectivity index (χ0v) is 11.2. The third-order valence-electron chi connectivity index (χ3n) is 4.07. The monoisotopic (exact) mass is 278 g/mol. The predicted octanol–water partition coefficient (Wildman–Crippen LogP) is 2.60. The van der Waals surface area contributed by atoms with Crippen molar-refractivity contribution in [2.24, 2.45) is 11.8 Å². The van der Waals surface area contributed by atoms with Gasteiger partial charge in [0.15, 0.2) is 0 Å². The lowest BCUT2D eigenvalue weighted by Crippen LogP contribution is -2.31. The third kappa shape index (κ3) is 1.91. The fraction of sp³-hybridized carbons (Fsp3) is 0.429. The minimum Gasteiger partial charge on any atom is -0.397 e. The van der Waals surface area contributed by atoms with Crippen molar-refractivity contribution in [2.75, 3.05) is 10.6 Å². The number of carbonyl (C=O) groups excluding carboxylic acids is 2. The summed E-state index contributed by atoms with van der Waals surface area (Å²) in [5.74, 6) is -0.577. The molecule has 1 heterocycles. The van der Waals surface area contributed by atoms with Gasteiger partial charge in [0.1, 0.15) is 0 Å². The molecule has 4 nitrogen and oxygen atoms in total. The summed E-state index contributed by atoms with van der Waals surface area (Å²) in [5, 5.41) is 0.472. The molecule has 0 aromatic heterocycles. The van der Waals surface area contributed by atoms with E-state index in [1.165, 1.54) is 4.90 Å². The van der Waals surface area contributed by atoms with Gasteiger partial charge >= 0.3 is 0 Å². The lowest BCUT2D eigenvalue weighted by Gasteiger charge is -2.19. The maximum atomic E-state index is 12.4. The second-order valence-electron chi connectivity index (χ2n) is 5.21. The van der Waals surface area contributed by atoms with Gasteiger partial charge in [0, 0.05) is 5.02 Å². The van der Waals surface area contributed by atoms with Crippen molar-refractivity contribution in [1.29, 1.82) is 0 Å². The van der Waals surface area contributed by atoms with Crippen LogP contribution >= 0.6 is 11.6 Å². The largest absolute Gasteiger partial charge is 0.397 e.